The number of benzene rings is 1. The van der Waals surface area contributed by atoms with E-state index in [-0.39, 0.29) is 11.8 Å². The van der Waals surface area contributed by atoms with Crippen LogP contribution >= 0.6 is 0 Å². The van der Waals surface area contributed by atoms with Crippen LogP contribution in [0.15, 0.2) is 12.1 Å². The highest BCUT2D eigenvalue weighted by Gasteiger charge is 2.32. The molecular weight excluding hydrogens is 361 g/mol. The minimum absolute atomic E-state index is 0.116. The SMILES string of the molecule is Cc1c(C(=O)N[C@H](C(=O)OCC2CCOCC2)C(C)C)ccc2c1B(O)OC2. The summed E-state index contributed by atoms with van der Waals surface area (Å²) in [5.74, 6) is -0.588. The lowest BCUT2D eigenvalue weighted by Gasteiger charge is -2.25. The molecule has 1 aromatic carbocycles. The molecule has 2 aliphatic heterocycles. The van der Waals surface area contributed by atoms with Gasteiger partial charge in [-0.2, -0.15) is 0 Å². The van der Waals surface area contributed by atoms with Crippen LogP contribution in [0.4, 0.5) is 0 Å². The van der Waals surface area contributed by atoms with E-state index in [2.05, 4.69) is 5.32 Å². The maximum atomic E-state index is 12.8. The summed E-state index contributed by atoms with van der Waals surface area (Å²) in [5.41, 5.74) is 2.60. The Morgan fingerprint density at radius 3 is 2.71 bits per heavy atom. The normalized spacial score (nSPS) is 18.1. The van der Waals surface area contributed by atoms with Crippen molar-refractivity contribution < 1.29 is 28.7 Å². The van der Waals surface area contributed by atoms with Gasteiger partial charge in [0.15, 0.2) is 0 Å². The molecule has 0 aromatic heterocycles. The van der Waals surface area contributed by atoms with Crippen molar-refractivity contribution in [2.45, 2.75) is 46.3 Å². The Morgan fingerprint density at radius 1 is 1.32 bits per heavy atom. The van der Waals surface area contributed by atoms with Crippen molar-refractivity contribution in [3.63, 3.8) is 0 Å². The van der Waals surface area contributed by atoms with Crippen molar-refractivity contribution in [3.05, 3.63) is 28.8 Å². The van der Waals surface area contributed by atoms with Gasteiger partial charge in [0.05, 0.1) is 13.2 Å². The van der Waals surface area contributed by atoms with Crippen molar-refractivity contribution in [2.24, 2.45) is 11.8 Å². The molecule has 1 amide bonds. The second kappa shape index (κ2) is 9.07. The largest absolute Gasteiger partial charge is 0.492 e. The summed E-state index contributed by atoms with van der Waals surface area (Å²) in [4.78, 5) is 25.4. The van der Waals surface area contributed by atoms with Crippen molar-refractivity contribution in [1.29, 1.82) is 0 Å². The number of esters is 1. The van der Waals surface area contributed by atoms with Gasteiger partial charge >= 0.3 is 13.1 Å². The van der Waals surface area contributed by atoms with Crippen molar-refractivity contribution in [1.82, 2.24) is 5.32 Å². The van der Waals surface area contributed by atoms with Gasteiger partial charge in [-0.15, -0.1) is 0 Å². The Kier molecular flexibility index (Phi) is 6.75. The molecule has 2 heterocycles. The number of carbonyl (C=O) groups is 2. The number of ether oxygens (including phenoxy) is 2. The third-order valence-corrected chi connectivity index (χ3v) is 5.50. The predicted octanol–water partition coefficient (Wildman–Crippen LogP) is 0.937. The molecule has 1 aromatic rings. The number of amides is 1. The summed E-state index contributed by atoms with van der Waals surface area (Å²) >= 11 is 0. The molecule has 0 bridgehead atoms. The highest BCUT2D eigenvalue weighted by Crippen LogP contribution is 2.18. The number of fused-ring (bicyclic) bond motifs is 1. The van der Waals surface area contributed by atoms with Gasteiger partial charge in [-0.25, -0.2) is 4.79 Å². The summed E-state index contributed by atoms with van der Waals surface area (Å²) in [6.45, 7) is 7.58. The van der Waals surface area contributed by atoms with Crippen LogP contribution in [-0.4, -0.2) is 49.9 Å². The third kappa shape index (κ3) is 4.56. The summed E-state index contributed by atoms with van der Waals surface area (Å²) in [6.07, 6.45) is 1.76. The van der Waals surface area contributed by atoms with Crippen LogP contribution in [0.25, 0.3) is 0 Å². The lowest BCUT2D eigenvalue weighted by molar-refractivity contribution is -0.149. The average Bonchev–Trinajstić information content (AvgIpc) is 3.06. The lowest BCUT2D eigenvalue weighted by Crippen LogP contribution is -2.46. The van der Waals surface area contributed by atoms with Gasteiger partial charge in [0.25, 0.3) is 5.91 Å². The summed E-state index contributed by atoms with van der Waals surface area (Å²) in [6, 6.07) is 2.75. The molecule has 2 N–H and O–H groups in total. The summed E-state index contributed by atoms with van der Waals surface area (Å²) in [5, 5.41) is 12.8. The minimum atomic E-state index is -1.02. The van der Waals surface area contributed by atoms with Crippen LogP contribution in [0.5, 0.6) is 0 Å². The van der Waals surface area contributed by atoms with E-state index in [9.17, 15) is 14.6 Å². The first-order valence-electron chi connectivity index (χ1n) is 9.85. The molecule has 1 saturated heterocycles. The molecule has 28 heavy (non-hydrogen) atoms. The zero-order valence-electron chi connectivity index (χ0n) is 16.7. The summed E-state index contributed by atoms with van der Waals surface area (Å²) in [7, 11) is -1.02. The fourth-order valence-electron chi connectivity index (χ4n) is 3.67. The van der Waals surface area contributed by atoms with Crippen LogP contribution in [-0.2, 0) is 25.5 Å². The van der Waals surface area contributed by atoms with E-state index in [4.69, 9.17) is 14.1 Å². The molecule has 8 heteroatoms. The van der Waals surface area contributed by atoms with Crippen molar-refractivity contribution in [3.8, 4) is 0 Å². The third-order valence-electron chi connectivity index (χ3n) is 5.50. The van der Waals surface area contributed by atoms with Crippen LogP contribution in [0.1, 0.15) is 48.2 Å². The van der Waals surface area contributed by atoms with Gasteiger partial charge in [0.2, 0.25) is 0 Å². The summed E-state index contributed by atoms with van der Waals surface area (Å²) < 4.78 is 16.0. The molecule has 0 aliphatic carbocycles. The molecule has 3 rings (SSSR count). The molecule has 0 saturated carbocycles. The van der Waals surface area contributed by atoms with E-state index >= 15 is 0 Å². The van der Waals surface area contributed by atoms with Gasteiger partial charge in [-0.1, -0.05) is 19.9 Å². The molecule has 7 nitrogen and oxygen atoms in total. The van der Waals surface area contributed by atoms with E-state index < -0.39 is 19.1 Å². The van der Waals surface area contributed by atoms with E-state index in [1.54, 1.807) is 19.1 Å². The molecule has 1 atom stereocenters. The maximum absolute atomic E-state index is 12.8. The van der Waals surface area contributed by atoms with Crippen molar-refractivity contribution >= 4 is 24.5 Å². The quantitative estimate of drug-likeness (QED) is 0.556. The topological polar surface area (TPSA) is 94.1 Å². The average molecular weight is 389 g/mol. The zero-order chi connectivity index (χ0) is 20.3. The van der Waals surface area contributed by atoms with Crippen molar-refractivity contribution in [2.75, 3.05) is 19.8 Å². The van der Waals surface area contributed by atoms with E-state index in [0.29, 0.717) is 48.9 Å². The number of hydrogen-bond donors (Lipinski definition) is 2. The van der Waals surface area contributed by atoms with Crippen LogP contribution in [0.3, 0.4) is 0 Å². The first-order chi connectivity index (χ1) is 13.4. The second-order valence-corrected chi connectivity index (χ2v) is 7.86. The maximum Gasteiger partial charge on any atom is 0.492 e. The fourth-order valence-corrected chi connectivity index (χ4v) is 3.67. The number of hydrogen-bond acceptors (Lipinski definition) is 6. The Hall–Kier alpha value is -1.90. The number of carbonyl (C=O) groups excluding carboxylic acids is 2. The van der Waals surface area contributed by atoms with Gasteiger partial charge in [0.1, 0.15) is 6.04 Å². The van der Waals surface area contributed by atoms with Crippen LogP contribution < -0.4 is 10.8 Å². The van der Waals surface area contributed by atoms with E-state index in [1.165, 1.54) is 0 Å². The molecule has 0 spiro atoms. The van der Waals surface area contributed by atoms with Gasteiger partial charge in [0, 0.05) is 18.8 Å². The molecule has 0 radical (unpaired) electrons. The lowest BCUT2D eigenvalue weighted by atomic mass is 9.75. The van der Waals surface area contributed by atoms with Gasteiger partial charge in [-0.3, -0.25) is 4.79 Å². The van der Waals surface area contributed by atoms with Crippen LogP contribution in [0.2, 0.25) is 0 Å². The minimum Gasteiger partial charge on any atom is -0.464 e. The Labute approximate surface area is 165 Å². The molecule has 0 unspecified atom stereocenters. The highest BCUT2D eigenvalue weighted by atomic mass is 16.5. The van der Waals surface area contributed by atoms with Gasteiger partial charge < -0.3 is 24.5 Å². The monoisotopic (exact) mass is 389 g/mol. The smallest absolute Gasteiger partial charge is 0.464 e. The van der Waals surface area contributed by atoms with E-state index in [1.807, 2.05) is 13.8 Å². The molecular formula is C20H28BNO6. The molecule has 2 aliphatic rings. The second-order valence-electron chi connectivity index (χ2n) is 7.86. The predicted molar refractivity (Wildman–Crippen MR) is 104 cm³/mol. The first kappa shape index (κ1) is 20.8. The number of nitrogens with one attached hydrogen (secondary N) is 1. The highest BCUT2D eigenvalue weighted by molar-refractivity contribution is 6.62. The fraction of sp³-hybridized carbons (Fsp3) is 0.600. The Morgan fingerprint density at radius 2 is 2.04 bits per heavy atom. The standard InChI is InChI=1S/C20H28BNO6/c1-12(2)18(20(24)27-10-14-6-8-26-9-7-14)22-19(23)16-5-4-15-11-28-21(25)17(15)13(16)3/h4-5,12,14,18,25H,6-11H2,1-3H3,(H,22,23)/t18-/m0/s1. The Bertz CT molecular complexity index is 732. The number of rotatable bonds is 6. The van der Waals surface area contributed by atoms with Crippen LogP contribution in [0, 0.1) is 18.8 Å². The van der Waals surface area contributed by atoms with Gasteiger partial charge in [-0.05, 0) is 54.3 Å². The zero-order valence-corrected chi connectivity index (χ0v) is 16.7. The van der Waals surface area contributed by atoms with E-state index in [0.717, 1.165) is 18.4 Å². The molecule has 152 valence electrons. The Balaban J connectivity index is 1.66. The first-order valence-corrected chi connectivity index (χ1v) is 9.85. The molecule has 1 fully saturated rings.